The summed E-state index contributed by atoms with van der Waals surface area (Å²) in [5, 5.41) is 0.447. The van der Waals surface area contributed by atoms with Gasteiger partial charge in [0.05, 0.1) is 65.8 Å². The Labute approximate surface area is 248 Å². The molecule has 2 unspecified atom stereocenters. The lowest BCUT2D eigenvalue weighted by atomic mass is 9.96. The highest BCUT2D eigenvalue weighted by molar-refractivity contribution is 9.10. The molecule has 2 saturated heterocycles. The average Bonchev–Trinajstić information content (AvgIpc) is 3.18. The van der Waals surface area contributed by atoms with E-state index in [2.05, 4.69) is 20.8 Å². The van der Waals surface area contributed by atoms with Crippen LogP contribution < -0.4 is 9.64 Å². The van der Waals surface area contributed by atoms with Crippen molar-refractivity contribution < 1.29 is 28.2 Å². The molecule has 0 aliphatic carbocycles. The molecule has 0 saturated carbocycles. The SMILES string of the molecule is COC(=O)c1cc(F)c(-c2cccc3c2OCN(C(=O)c2c(Cl)cc(Br)cc2Cl)C3)cc1N1C2CCC1COC2. The van der Waals surface area contributed by atoms with Crippen LogP contribution in [0.1, 0.15) is 39.1 Å². The topological polar surface area (TPSA) is 68.3 Å². The van der Waals surface area contributed by atoms with Gasteiger partial charge >= 0.3 is 5.97 Å². The van der Waals surface area contributed by atoms with Crippen LogP contribution in [0.5, 0.6) is 5.75 Å². The lowest BCUT2D eigenvalue weighted by Crippen LogP contribution is -2.46. The van der Waals surface area contributed by atoms with Gasteiger partial charge in [-0.3, -0.25) is 4.79 Å². The van der Waals surface area contributed by atoms with Gasteiger partial charge in [-0.05, 0) is 37.1 Å². The predicted octanol–water partition coefficient (Wildman–Crippen LogP) is 6.71. The molecule has 0 aromatic heterocycles. The first kappa shape index (κ1) is 27.3. The highest BCUT2D eigenvalue weighted by atomic mass is 79.9. The van der Waals surface area contributed by atoms with Gasteiger partial charge in [0.15, 0.2) is 6.73 Å². The van der Waals surface area contributed by atoms with Gasteiger partial charge in [-0.2, -0.15) is 0 Å². The van der Waals surface area contributed by atoms with E-state index in [0.29, 0.717) is 45.8 Å². The largest absolute Gasteiger partial charge is 0.472 e. The normalized spacial score (nSPS) is 19.7. The monoisotopic (exact) mass is 648 g/mol. The molecule has 3 aliphatic heterocycles. The van der Waals surface area contributed by atoms with E-state index >= 15 is 4.39 Å². The van der Waals surface area contributed by atoms with E-state index in [1.807, 2.05) is 6.07 Å². The van der Waals surface area contributed by atoms with Gasteiger partial charge in [0, 0.05) is 21.2 Å². The summed E-state index contributed by atoms with van der Waals surface area (Å²) in [7, 11) is 1.29. The molecular formula is C29H24BrCl2FN2O5. The number of carbonyl (C=O) groups excluding carboxylic acids is 2. The number of nitrogens with zero attached hydrogens (tertiary/aromatic N) is 2. The van der Waals surface area contributed by atoms with Crippen molar-refractivity contribution in [2.45, 2.75) is 31.5 Å². The zero-order chi connectivity index (χ0) is 28.1. The van der Waals surface area contributed by atoms with Crippen LogP contribution >= 0.6 is 39.1 Å². The number of anilines is 1. The number of halogens is 4. The van der Waals surface area contributed by atoms with Gasteiger partial charge in [-0.1, -0.05) is 57.3 Å². The summed E-state index contributed by atoms with van der Waals surface area (Å²) in [6.45, 7) is 1.23. The van der Waals surface area contributed by atoms with Crippen molar-refractivity contribution >= 4 is 56.7 Å². The predicted molar refractivity (Wildman–Crippen MR) is 153 cm³/mol. The van der Waals surface area contributed by atoms with Crippen LogP contribution in [0, 0.1) is 5.82 Å². The van der Waals surface area contributed by atoms with Crippen LogP contribution in [0.15, 0.2) is 46.9 Å². The summed E-state index contributed by atoms with van der Waals surface area (Å²) in [6, 6.07) is 11.7. The fourth-order valence-electron chi connectivity index (χ4n) is 5.80. The van der Waals surface area contributed by atoms with Crippen LogP contribution in [0.4, 0.5) is 10.1 Å². The number of esters is 1. The first-order valence-corrected chi connectivity index (χ1v) is 14.3. The second-order valence-corrected chi connectivity index (χ2v) is 11.7. The van der Waals surface area contributed by atoms with Crippen molar-refractivity contribution in [3.63, 3.8) is 0 Å². The summed E-state index contributed by atoms with van der Waals surface area (Å²) in [5.74, 6) is -1.08. The lowest BCUT2D eigenvalue weighted by Gasteiger charge is -2.37. The molecular weight excluding hydrogens is 626 g/mol. The van der Waals surface area contributed by atoms with Gasteiger partial charge in [0.25, 0.3) is 5.91 Å². The van der Waals surface area contributed by atoms with Crippen LogP contribution in [0.2, 0.25) is 10.0 Å². The lowest BCUT2D eigenvalue weighted by molar-refractivity contribution is 0.0515. The van der Waals surface area contributed by atoms with Crippen LogP contribution in [0.25, 0.3) is 11.1 Å². The van der Waals surface area contributed by atoms with Gasteiger partial charge in [0.2, 0.25) is 0 Å². The first-order chi connectivity index (χ1) is 19.3. The first-order valence-electron chi connectivity index (χ1n) is 12.7. The van der Waals surface area contributed by atoms with Crippen molar-refractivity contribution in [3.8, 4) is 16.9 Å². The second-order valence-electron chi connectivity index (χ2n) is 9.99. The quantitative estimate of drug-likeness (QED) is 0.293. The smallest absolute Gasteiger partial charge is 0.340 e. The molecule has 3 aromatic carbocycles. The summed E-state index contributed by atoms with van der Waals surface area (Å²) in [6.07, 6.45) is 1.86. The maximum atomic E-state index is 15.7. The fraction of sp³-hybridized carbons (Fsp3) is 0.310. The molecule has 3 aliphatic rings. The van der Waals surface area contributed by atoms with Crippen molar-refractivity contribution in [1.29, 1.82) is 0 Å². The molecule has 2 bridgehead atoms. The summed E-state index contributed by atoms with van der Waals surface area (Å²) in [4.78, 5) is 29.7. The Bertz CT molecular complexity index is 1500. The average molecular weight is 650 g/mol. The Morgan fingerprint density at radius 1 is 1.05 bits per heavy atom. The van der Waals surface area contributed by atoms with E-state index < -0.39 is 11.8 Å². The highest BCUT2D eigenvalue weighted by Gasteiger charge is 2.40. The van der Waals surface area contributed by atoms with Crippen molar-refractivity contribution in [3.05, 3.63) is 79.5 Å². The summed E-state index contributed by atoms with van der Waals surface area (Å²) in [5.41, 5.74) is 2.50. The highest BCUT2D eigenvalue weighted by Crippen LogP contribution is 2.43. The number of hydrogen-bond donors (Lipinski definition) is 0. The Kier molecular flexibility index (Phi) is 7.41. The Balaban J connectivity index is 1.38. The Hall–Kier alpha value is -2.85. The maximum absolute atomic E-state index is 15.7. The standard InChI is InChI=1S/C29H24BrCl2FN2O5/c1-38-29(37)21-9-24(33)20(10-25(21)35-17-5-6-18(35)13-39-12-17)19-4-2-3-15-11-34(14-40-27(15)19)28(36)26-22(31)7-16(30)8-23(26)32/h2-4,7-10,17-18H,5-6,11-14H2,1H3. The summed E-state index contributed by atoms with van der Waals surface area (Å²) >= 11 is 16.0. The molecule has 0 spiro atoms. The van der Waals surface area contributed by atoms with E-state index in [0.717, 1.165) is 12.8 Å². The van der Waals surface area contributed by atoms with Gasteiger partial charge < -0.3 is 24.0 Å². The number of ether oxygens (including phenoxy) is 3. The third-order valence-electron chi connectivity index (χ3n) is 7.63. The van der Waals surface area contributed by atoms with Gasteiger partial charge in [0.1, 0.15) is 11.6 Å². The molecule has 0 N–H and O–H groups in total. The number of benzene rings is 3. The molecule has 1 amide bonds. The van der Waals surface area contributed by atoms with Crippen molar-refractivity contribution in [2.24, 2.45) is 0 Å². The number of amides is 1. The minimum absolute atomic E-state index is 0.0755. The molecule has 6 rings (SSSR count). The van der Waals surface area contributed by atoms with E-state index in [1.54, 1.807) is 30.3 Å². The number of fused-ring (bicyclic) bond motifs is 3. The molecule has 11 heteroatoms. The minimum Gasteiger partial charge on any atom is -0.472 e. The van der Waals surface area contributed by atoms with Gasteiger partial charge in [-0.15, -0.1) is 0 Å². The Morgan fingerprint density at radius 2 is 1.75 bits per heavy atom. The molecule has 3 heterocycles. The van der Waals surface area contributed by atoms with E-state index in [1.165, 1.54) is 18.1 Å². The zero-order valence-electron chi connectivity index (χ0n) is 21.4. The van der Waals surface area contributed by atoms with Crippen LogP contribution in [-0.4, -0.2) is 55.9 Å². The number of carbonyl (C=O) groups is 2. The van der Waals surface area contributed by atoms with Gasteiger partial charge in [-0.25, -0.2) is 9.18 Å². The number of hydrogen-bond acceptors (Lipinski definition) is 6. The van der Waals surface area contributed by atoms with Crippen LogP contribution in [-0.2, 0) is 16.0 Å². The molecule has 3 aromatic rings. The number of para-hydroxylation sites is 1. The number of morpholine rings is 1. The minimum atomic E-state index is -0.600. The summed E-state index contributed by atoms with van der Waals surface area (Å²) < 4.78 is 33.2. The van der Waals surface area contributed by atoms with Crippen LogP contribution in [0.3, 0.4) is 0 Å². The zero-order valence-corrected chi connectivity index (χ0v) is 24.5. The number of methoxy groups -OCH3 is 1. The van der Waals surface area contributed by atoms with E-state index in [-0.39, 0.29) is 52.4 Å². The molecule has 2 fully saturated rings. The third-order valence-corrected chi connectivity index (χ3v) is 8.68. The number of rotatable bonds is 4. The molecule has 2 atom stereocenters. The molecule has 0 radical (unpaired) electrons. The fourth-order valence-corrected chi connectivity index (χ4v) is 7.17. The van der Waals surface area contributed by atoms with Crippen molar-refractivity contribution in [2.75, 3.05) is 32.0 Å². The molecule has 7 nitrogen and oxygen atoms in total. The third kappa shape index (κ3) is 4.72. The maximum Gasteiger partial charge on any atom is 0.340 e. The Morgan fingerprint density at radius 3 is 2.42 bits per heavy atom. The van der Waals surface area contributed by atoms with E-state index in [4.69, 9.17) is 37.4 Å². The second kappa shape index (κ2) is 10.9. The molecule has 40 heavy (non-hydrogen) atoms. The van der Waals surface area contributed by atoms with E-state index in [9.17, 15) is 9.59 Å². The molecule has 208 valence electrons. The van der Waals surface area contributed by atoms with Crippen molar-refractivity contribution in [1.82, 2.24) is 4.90 Å².